The summed E-state index contributed by atoms with van der Waals surface area (Å²) in [6.07, 6.45) is 1.09. The largest absolute Gasteiger partial charge is 0.340 e. The van der Waals surface area contributed by atoms with Gasteiger partial charge in [0.25, 0.3) is 0 Å². The summed E-state index contributed by atoms with van der Waals surface area (Å²) in [5, 5.41) is 2.76. The van der Waals surface area contributed by atoms with Crippen molar-refractivity contribution in [2.45, 2.75) is 33.7 Å². The van der Waals surface area contributed by atoms with E-state index in [9.17, 15) is 4.79 Å². The summed E-state index contributed by atoms with van der Waals surface area (Å²) in [7, 11) is 0. The fourth-order valence-electron chi connectivity index (χ4n) is 2.77. The molecule has 3 aromatic rings. The van der Waals surface area contributed by atoms with E-state index in [1.54, 1.807) is 0 Å². The van der Waals surface area contributed by atoms with Crippen LogP contribution in [0.4, 0.5) is 0 Å². The van der Waals surface area contributed by atoms with Gasteiger partial charge in [0.1, 0.15) is 0 Å². The molecule has 116 valence electrons. The van der Waals surface area contributed by atoms with E-state index in [0.29, 0.717) is 5.33 Å². The number of hydrogen-bond donors (Lipinski definition) is 0. The quantitative estimate of drug-likeness (QED) is 0.425. The molecule has 0 N–H and O–H groups in total. The van der Waals surface area contributed by atoms with Gasteiger partial charge in [0.05, 0.1) is 5.33 Å². The number of fused-ring (bicyclic) bond motifs is 3. The van der Waals surface area contributed by atoms with Crippen LogP contribution in [0.1, 0.15) is 37.6 Å². The Hall–Kier alpha value is -1.61. The van der Waals surface area contributed by atoms with Crippen LogP contribution in [0.15, 0.2) is 42.5 Å². The van der Waals surface area contributed by atoms with Crippen LogP contribution >= 0.6 is 15.9 Å². The number of halogens is 1. The topological polar surface area (TPSA) is 22.0 Å². The molecule has 0 atom stereocenters. The third-order valence-electron chi connectivity index (χ3n) is 3.66. The van der Waals surface area contributed by atoms with Crippen LogP contribution in [0.2, 0.25) is 0 Å². The van der Waals surface area contributed by atoms with Crippen molar-refractivity contribution >= 4 is 43.5 Å². The standard InChI is InChI=1S/C17H16BrNO.C2H6/c1-2-9-19-15-6-4-3-5-13(15)14-10-12(17(20)11-18)7-8-16(14)19;1-2/h3-8,10H,2,9,11H2,1H3;1-2H3. The number of rotatable bonds is 4. The van der Waals surface area contributed by atoms with Gasteiger partial charge in [-0.2, -0.15) is 0 Å². The van der Waals surface area contributed by atoms with Gasteiger partial charge in [0, 0.05) is 33.9 Å². The predicted octanol–water partition coefficient (Wildman–Crippen LogP) is 5.81. The average Bonchev–Trinajstić information content (AvgIpc) is 2.90. The maximum atomic E-state index is 11.9. The van der Waals surface area contributed by atoms with E-state index in [4.69, 9.17) is 0 Å². The van der Waals surface area contributed by atoms with Gasteiger partial charge >= 0.3 is 0 Å². The Balaban J connectivity index is 0.000000847. The fraction of sp³-hybridized carbons (Fsp3) is 0.316. The molecular weight excluding hydrogens is 338 g/mol. The number of nitrogens with zero attached hydrogens (tertiary/aromatic N) is 1. The van der Waals surface area contributed by atoms with Gasteiger partial charge in [-0.3, -0.25) is 4.79 Å². The minimum Gasteiger partial charge on any atom is -0.340 e. The van der Waals surface area contributed by atoms with E-state index < -0.39 is 0 Å². The number of ketones is 1. The number of alkyl halides is 1. The Kier molecular flexibility index (Phi) is 5.78. The summed E-state index contributed by atoms with van der Waals surface area (Å²) in [6.45, 7) is 7.18. The Labute approximate surface area is 140 Å². The van der Waals surface area contributed by atoms with Crippen LogP contribution < -0.4 is 0 Å². The highest BCUT2D eigenvalue weighted by Crippen LogP contribution is 2.30. The van der Waals surface area contributed by atoms with E-state index in [1.807, 2.05) is 26.0 Å². The SMILES string of the molecule is CC.CCCn1c2ccccc2c2cc(C(=O)CBr)ccc21. The molecule has 0 radical (unpaired) electrons. The van der Waals surface area contributed by atoms with Crippen LogP contribution in [-0.2, 0) is 6.54 Å². The van der Waals surface area contributed by atoms with Crippen molar-refractivity contribution in [2.75, 3.05) is 5.33 Å². The van der Waals surface area contributed by atoms with E-state index in [-0.39, 0.29) is 5.78 Å². The van der Waals surface area contributed by atoms with Crippen molar-refractivity contribution in [1.82, 2.24) is 4.57 Å². The molecule has 0 unspecified atom stereocenters. The van der Waals surface area contributed by atoms with Crippen molar-refractivity contribution in [3.63, 3.8) is 0 Å². The minimum absolute atomic E-state index is 0.124. The van der Waals surface area contributed by atoms with E-state index in [0.717, 1.165) is 18.5 Å². The summed E-state index contributed by atoms with van der Waals surface area (Å²) >= 11 is 3.24. The van der Waals surface area contributed by atoms with Gasteiger partial charge in [-0.15, -0.1) is 0 Å². The molecule has 0 bridgehead atoms. The van der Waals surface area contributed by atoms with Gasteiger partial charge in [-0.25, -0.2) is 0 Å². The maximum absolute atomic E-state index is 11.9. The van der Waals surface area contributed by atoms with Gasteiger partial charge in [-0.05, 0) is 30.7 Å². The maximum Gasteiger partial charge on any atom is 0.173 e. The third kappa shape index (κ3) is 2.95. The molecule has 1 aromatic heterocycles. The minimum atomic E-state index is 0.124. The lowest BCUT2D eigenvalue weighted by atomic mass is 10.1. The molecule has 0 spiro atoms. The highest BCUT2D eigenvalue weighted by molar-refractivity contribution is 9.09. The first-order valence-corrected chi connectivity index (χ1v) is 8.98. The first-order valence-electron chi connectivity index (χ1n) is 7.86. The molecule has 0 amide bonds. The lowest BCUT2D eigenvalue weighted by molar-refractivity contribution is 0.102. The molecule has 0 aliphatic rings. The Bertz CT molecular complexity index is 789. The summed E-state index contributed by atoms with van der Waals surface area (Å²) in [6, 6.07) is 14.4. The molecule has 2 nitrogen and oxygen atoms in total. The molecule has 0 saturated heterocycles. The van der Waals surface area contributed by atoms with Crippen LogP contribution in [0.5, 0.6) is 0 Å². The molecule has 0 fully saturated rings. The van der Waals surface area contributed by atoms with Crippen molar-refractivity contribution in [3.8, 4) is 0 Å². The summed E-state index contributed by atoms with van der Waals surface area (Å²) in [4.78, 5) is 11.9. The van der Waals surface area contributed by atoms with Crippen molar-refractivity contribution < 1.29 is 4.79 Å². The highest BCUT2D eigenvalue weighted by atomic mass is 79.9. The van der Waals surface area contributed by atoms with E-state index >= 15 is 0 Å². The fourth-order valence-corrected chi connectivity index (χ4v) is 3.09. The normalized spacial score (nSPS) is 10.5. The number of para-hydroxylation sites is 1. The summed E-state index contributed by atoms with van der Waals surface area (Å²) in [5.74, 6) is 0.124. The summed E-state index contributed by atoms with van der Waals surface area (Å²) in [5.41, 5.74) is 3.22. The Morgan fingerprint density at radius 2 is 1.73 bits per heavy atom. The number of aryl methyl sites for hydroxylation is 1. The zero-order valence-corrected chi connectivity index (χ0v) is 15.0. The highest BCUT2D eigenvalue weighted by Gasteiger charge is 2.12. The van der Waals surface area contributed by atoms with Gasteiger partial charge in [0.2, 0.25) is 0 Å². The molecule has 0 saturated carbocycles. The zero-order chi connectivity index (χ0) is 16.1. The molecule has 3 heteroatoms. The number of aromatic nitrogens is 1. The first kappa shape index (κ1) is 16.8. The number of Topliss-reactive ketones (excluding diaryl/α,β-unsaturated/α-hetero) is 1. The molecule has 3 rings (SSSR count). The van der Waals surface area contributed by atoms with Crippen LogP contribution in [-0.4, -0.2) is 15.7 Å². The number of benzene rings is 2. The number of hydrogen-bond acceptors (Lipinski definition) is 1. The lowest BCUT2D eigenvalue weighted by Gasteiger charge is -2.05. The second-order valence-electron chi connectivity index (χ2n) is 4.96. The van der Waals surface area contributed by atoms with Gasteiger partial charge < -0.3 is 4.57 Å². The number of carbonyl (C=O) groups excluding carboxylic acids is 1. The second-order valence-corrected chi connectivity index (χ2v) is 5.52. The second kappa shape index (κ2) is 7.59. The average molecular weight is 360 g/mol. The van der Waals surface area contributed by atoms with Crippen molar-refractivity contribution in [2.24, 2.45) is 0 Å². The van der Waals surface area contributed by atoms with Gasteiger partial charge in [0.15, 0.2) is 5.78 Å². The molecular formula is C19H22BrNO. The molecule has 1 heterocycles. The van der Waals surface area contributed by atoms with Crippen molar-refractivity contribution in [3.05, 3.63) is 48.0 Å². The third-order valence-corrected chi connectivity index (χ3v) is 4.17. The lowest BCUT2D eigenvalue weighted by Crippen LogP contribution is -2.00. The van der Waals surface area contributed by atoms with Crippen LogP contribution in [0.3, 0.4) is 0 Å². The molecule has 0 aliphatic carbocycles. The Morgan fingerprint density at radius 3 is 2.41 bits per heavy atom. The van der Waals surface area contributed by atoms with E-state index in [1.165, 1.54) is 21.8 Å². The monoisotopic (exact) mass is 359 g/mol. The predicted molar refractivity (Wildman–Crippen MR) is 99.2 cm³/mol. The molecule has 0 aliphatic heterocycles. The molecule has 2 aromatic carbocycles. The van der Waals surface area contributed by atoms with Crippen molar-refractivity contribution in [1.29, 1.82) is 0 Å². The van der Waals surface area contributed by atoms with Gasteiger partial charge in [-0.1, -0.05) is 54.9 Å². The molecule has 22 heavy (non-hydrogen) atoms. The number of carbonyl (C=O) groups is 1. The van der Waals surface area contributed by atoms with Crippen LogP contribution in [0, 0.1) is 0 Å². The first-order chi connectivity index (χ1) is 10.8. The van der Waals surface area contributed by atoms with Crippen LogP contribution in [0.25, 0.3) is 21.8 Å². The Morgan fingerprint density at radius 1 is 1.05 bits per heavy atom. The zero-order valence-electron chi connectivity index (χ0n) is 13.4. The smallest absolute Gasteiger partial charge is 0.173 e. The van der Waals surface area contributed by atoms with E-state index in [2.05, 4.69) is 57.8 Å². The summed E-state index contributed by atoms with van der Waals surface area (Å²) < 4.78 is 2.34.